The Kier molecular flexibility index (Phi) is 7.32. The van der Waals surface area contributed by atoms with Gasteiger partial charge in [-0.15, -0.1) is 0 Å². The molecule has 112 valence electrons. The van der Waals surface area contributed by atoms with Crippen LogP contribution in [0, 0.1) is 17.8 Å². The van der Waals surface area contributed by atoms with E-state index in [0.29, 0.717) is 0 Å². The van der Waals surface area contributed by atoms with Gasteiger partial charge in [-0.25, -0.2) is 0 Å². The van der Waals surface area contributed by atoms with E-state index in [-0.39, 0.29) is 0 Å². The minimum Gasteiger partial charge on any atom is -0.0654 e. The Morgan fingerprint density at radius 3 is 1.79 bits per heavy atom. The van der Waals surface area contributed by atoms with E-state index in [1.54, 1.807) is 32.1 Å². The van der Waals surface area contributed by atoms with Crippen LogP contribution < -0.4 is 0 Å². The van der Waals surface area contributed by atoms with E-state index in [9.17, 15) is 0 Å². The van der Waals surface area contributed by atoms with Gasteiger partial charge in [0.25, 0.3) is 0 Å². The minimum absolute atomic E-state index is 1.07. The van der Waals surface area contributed by atoms with Gasteiger partial charge in [0.2, 0.25) is 0 Å². The molecule has 2 aliphatic carbocycles. The Bertz CT molecular complexity index is 212. The molecule has 0 aromatic heterocycles. The van der Waals surface area contributed by atoms with Gasteiger partial charge in [-0.3, -0.25) is 0 Å². The quantitative estimate of drug-likeness (QED) is 0.530. The van der Waals surface area contributed by atoms with Crippen LogP contribution in [-0.4, -0.2) is 0 Å². The lowest BCUT2D eigenvalue weighted by Crippen LogP contribution is -2.19. The number of hydrogen-bond acceptors (Lipinski definition) is 0. The third-order valence-corrected chi connectivity index (χ3v) is 5.90. The van der Waals surface area contributed by atoms with Gasteiger partial charge in [-0.1, -0.05) is 96.8 Å². The van der Waals surface area contributed by atoms with Gasteiger partial charge >= 0.3 is 0 Å². The molecule has 0 heteroatoms. The molecule has 0 radical (unpaired) electrons. The fourth-order valence-corrected chi connectivity index (χ4v) is 4.71. The lowest BCUT2D eigenvalue weighted by molar-refractivity contribution is 0.200. The van der Waals surface area contributed by atoms with Gasteiger partial charge in [0, 0.05) is 0 Å². The predicted molar refractivity (Wildman–Crippen MR) is 85.4 cm³/mol. The van der Waals surface area contributed by atoms with E-state index < -0.39 is 0 Å². The molecule has 2 atom stereocenters. The van der Waals surface area contributed by atoms with Crippen molar-refractivity contribution >= 4 is 0 Å². The fourth-order valence-electron chi connectivity index (χ4n) is 4.71. The summed E-state index contributed by atoms with van der Waals surface area (Å²) >= 11 is 0. The molecule has 19 heavy (non-hydrogen) atoms. The van der Waals surface area contributed by atoms with Gasteiger partial charge in [0.05, 0.1) is 0 Å². The van der Waals surface area contributed by atoms with Crippen LogP contribution in [0.25, 0.3) is 0 Å². The summed E-state index contributed by atoms with van der Waals surface area (Å²) in [5.41, 5.74) is 0. The summed E-state index contributed by atoms with van der Waals surface area (Å²) < 4.78 is 0. The molecule has 0 amide bonds. The zero-order chi connectivity index (χ0) is 13.3. The maximum atomic E-state index is 2.37. The first kappa shape index (κ1) is 15.4. The second-order valence-corrected chi connectivity index (χ2v) is 7.38. The standard InChI is InChI=1S/C19H36/c1-2-10-17-11-8-9-14-19(16-15-17)18-12-6-4-3-5-7-13-18/h17-19H,2-16H2,1H3. The molecule has 0 aliphatic heterocycles. The van der Waals surface area contributed by atoms with Crippen molar-refractivity contribution < 1.29 is 0 Å². The first-order chi connectivity index (χ1) is 9.40. The fraction of sp³-hybridized carbons (Fsp3) is 1.00. The maximum absolute atomic E-state index is 2.37. The third-order valence-electron chi connectivity index (χ3n) is 5.90. The summed E-state index contributed by atoms with van der Waals surface area (Å²) in [6.45, 7) is 2.37. The molecule has 2 saturated carbocycles. The van der Waals surface area contributed by atoms with Crippen LogP contribution in [0.15, 0.2) is 0 Å². The van der Waals surface area contributed by atoms with Gasteiger partial charge in [0.15, 0.2) is 0 Å². The van der Waals surface area contributed by atoms with Crippen LogP contribution in [0.1, 0.15) is 103 Å². The highest BCUT2D eigenvalue weighted by Gasteiger charge is 2.24. The van der Waals surface area contributed by atoms with Crippen molar-refractivity contribution in [1.29, 1.82) is 0 Å². The van der Waals surface area contributed by atoms with Crippen molar-refractivity contribution in [2.24, 2.45) is 17.8 Å². The highest BCUT2D eigenvalue weighted by atomic mass is 14.3. The first-order valence-corrected chi connectivity index (χ1v) is 9.40. The molecule has 0 nitrogen and oxygen atoms in total. The molecule has 2 fully saturated rings. The van der Waals surface area contributed by atoms with E-state index in [1.165, 1.54) is 64.2 Å². The number of rotatable bonds is 3. The Balaban J connectivity index is 1.82. The Morgan fingerprint density at radius 2 is 1.11 bits per heavy atom. The van der Waals surface area contributed by atoms with E-state index in [1.807, 2.05) is 0 Å². The van der Waals surface area contributed by atoms with Crippen LogP contribution in [-0.2, 0) is 0 Å². The first-order valence-electron chi connectivity index (χ1n) is 9.40. The van der Waals surface area contributed by atoms with E-state index in [4.69, 9.17) is 0 Å². The minimum atomic E-state index is 1.07. The van der Waals surface area contributed by atoms with Crippen molar-refractivity contribution in [3.8, 4) is 0 Å². The molecule has 2 rings (SSSR count). The molecule has 0 aromatic carbocycles. The summed E-state index contributed by atoms with van der Waals surface area (Å²) in [5, 5.41) is 0. The van der Waals surface area contributed by atoms with Crippen LogP contribution in [0.3, 0.4) is 0 Å². The maximum Gasteiger partial charge on any atom is -0.0386 e. The summed E-state index contributed by atoms with van der Waals surface area (Å²) in [7, 11) is 0. The van der Waals surface area contributed by atoms with Gasteiger partial charge in [-0.05, 0) is 24.2 Å². The van der Waals surface area contributed by atoms with Crippen LogP contribution in [0.4, 0.5) is 0 Å². The lowest BCUT2D eigenvalue weighted by Gasteiger charge is -2.32. The van der Waals surface area contributed by atoms with Gasteiger partial charge in [-0.2, -0.15) is 0 Å². The zero-order valence-corrected chi connectivity index (χ0v) is 13.3. The van der Waals surface area contributed by atoms with Crippen molar-refractivity contribution in [3.05, 3.63) is 0 Å². The molecule has 2 aliphatic rings. The van der Waals surface area contributed by atoms with Crippen LogP contribution in [0.5, 0.6) is 0 Å². The third kappa shape index (κ3) is 5.48. The second kappa shape index (κ2) is 9.03. The highest BCUT2D eigenvalue weighted by molar-refractivity contribution is 4.76. The topological polar surface area (TPSA) is 0 Å². The van der Waals surface area contributed by atoms with Gasteiger partial charge < -0.3 is 0 Å². The summed E-state index contributed by atoms with van der Waals surface area (Å²) in [6.07, 6.45) is 22.9. The molecule has 0 bridgehead atoms. The second-order valence-electron chi connectivity index (χ2n) is 7.38. The molecular weight excluding hydrogens is 228 g/mol. The Morgan fingerprint density at radius 1 is 0.579 bits per heavy atom. The summed E-state index contributed by atoms with van der Waals surface area (Å²) in [5.74, 6) is 3.26. The monoisotopic (exact) mass is 264 g/mol. The SMILES string of the molecule is CCCC1CCCCC(C2CCCCCCC2)CC1. The molecule has 0 spiro atoms. The summed E-state index contributed by atoms with van der Waals surface area (Å²) in [6, 6.07) is 0. The molecule has 0 aromatic rings. The average molecular weight is 264 g/mol. The van der Waals surface area contributed by atoms with Crippen LogP contribution in [0.2, 0.25) is 0 Å². The predicted octanol–water partition coefficient (Wildman–Crippen LogP) is 6.73. The van der Waals surface area contributed by atoms with E-state index in [0.717, 1.165) is 17.8 Å². The molecule has 2 unspecified atom stereocenters. The van der Waals surface area contributed by atoms with Crippen molar-refractivity contribution in [1.82, 2.24) is 0 Å². The summed E-state index contributed by atoms with van der Waals surface area (Å²) in [4.78, 5) is 0. The molecule has 0 saturated heterocycles. The smallest absolute Gasteiger partial charge is 0.0386 e. The van der Waals surface area contributed by atoms with Crippen molar-refractivity contribution in [2.45, 2.75) is 103 Å². The highest BCUT2D eigenvalue weighted by Crippen LogP contribution is 2.37. The van der Waals surface area contributed by atoms with Gasteiger partial charge in [0.1, 0.15) is 0 Å². The molecular formula is C19H36. The average Bonchev–Trinajstić information content (AvgIpc) is 2.34. The molecule has 0 N–H and O–H groups in total. The Hall–Kier alpha value is 0. The van der Waals surface area contributed by atoms with Crippen LogP contribution >= 0.6 is 0 Å². The van der Waals surface area contributed by atoms with Crippen molar-refractivity contribution in [3.63, 3.8) is 0 Å². The molecule has 0 heterocycles. The zero-order valence-electron chi connectivity index (χ0n) is 13.3. The lowest BCUT2D eigenvalue weighted by atomic mass is 9.74. The number of hydrogen-bond donors (Lipinski definition) is 0. The Labute approximate surface area is 121 Å². The van der Waals surface area contributed by atoms with Crippen molar-refractivity contribution in [2.75, 3.05) is 0 Å². The largest absolute Gasteiger partial charge is 0.0654 e. The van der Waals surface area contributed by atoms with E-state index >= 15 is 0 Å². The normalized spacial score (nSPS) is 32.1. The van der Waals surface area contributed by atoms with E-state index in [2.05, 4.69) is 6.92 Å².